The van der Waals surface area contributed by atoms with Crippen LogP contribution in [0.15, 0.2) is 0 Å². The Morgan fingerprint density at radius 1 is 0.846 bits per heavy atom. The second-order valence-corrected chi connectivity index (χ2v) is 5.07. The first-order valence-electron chi connectivity index (χ1n) is 5.99. The molecule has 0 nitrogen and oxygen atoms in total. The van der Waals surface area contributed by atoms with Crippen molar-refractivity contribution < 1.29 is 0 Å². The van der Waals surface area contributed by atoms with E-state index < -0.39 is 0 Å². The van der Waals surface area contributed by atoms with Gasteiger partial charge in [0.2, 0.25) is 0 Å². The molecule has 0 bridgehead atoms. The van der Waals surface area contributed by atoms with E-state index in [4.69, 9.17) is 0 Å². The van der Waals surface area contributed by atoms with Crippen LogP contribution in [0.25, 0.3) is 0 Å². The van der Waals surface area contributed by atoms with Crippen LogP contribution in [0.5, 0.6) is 0 Å². The molecule has 0 spiro atoms. The van der Waals surface area contributed by atoms with E-state index in [2.05, 4.69) is 36.4 Å². The predicted octanol–water partition coefficient (Wildman–Crippen LogP) is 3.99. The van der Waals surface area contributed by atoms with Crippen molar-refractivity contribution in [3.63, 3.8) is 0 Å². The van der Waals surface area contributed by atoms with Crippen LogP contribution in [0, 0.1) is 0 Å². The second-order valence-electron chi connectivity index (χ2n) is 3.67. The zero-order valence-electron chi connectivity index (χ0n) is 9.48. The van der Waals surface area contributed by atoms with Crippen LogP contribution in [0.1, 0.15) is 58.3 Å². The molecule has 0 aliphatic heterocycles. The monoisotopic (exact) mass is 194 g/mol. The third kappa shape index (κ3) is 12.9. The van der Waals surface area contributed by atoms with E-state index in [1.807, 2.05) is 0 Å². The Balaban J connectivity index is 2.76. The molecule has 0 radical (unpaired) electrons. The summed E-state index contributed by atoms with van der Waals surface area (Å²) in [6.07, 6.45) is 11.6. The predicted molar refractivity (Wildman–Crippen MR) is 65.7 cm³/mol. The molecule has 0 heterocycles. The average molecular weight is 194 g/mol. The first kappa shape index (κ1) is 13.9. The van der Waals surface area contributed by atoms with Gasteiger partial charge in [-0.05, 0) is 0 Å². The zero-order valence-corrected chi connectivity index (χ0v) is 10.3. The van der Waals surface area contributed by atoms with E-state index in [1.54, 1.807) is 0 Å². The van der Waals surface area contributed by atoms with Gasteiger partial charge >= 0.3 is 97.9 Å². The van der Waals surface area contributed by atoms with Crippen LogP contribution in [0.4, 0.5) is 0 Å². The average Bonchev–Trinajstić information content (AvgIpc) is 2.16. The molecular weight excluding hydrogens is 171 g/mol. The van der Waals surface area contributed by atoms with E-state index in [-0.39, 0.29) is 0 Å². The van der Waals surface area contributed by atoms with Gasteiger partial charge in [-0.25, -0.2) is 0 Å². The molecule has 0 aliphatic rings. The molecule has 13 heavy (non-hydrogen) atoms. The summed E-state index contributed by atoms with van der Waals surface area (Å²) in [4.78, 5) is 0. The number of hydrogen-bond acceptors (Lipinski definition) is 1. The standard InChI is InChI=1S/C11H23S.Li/c1-3-4-5-6-7-8-9-10-11-12-2;/h2-11H2,1H3;. The molecule has 2 heteroatoms. The fourth-order valence-corrected chi connectivity index (χ4v) is 2.18. The Hall–Kier alpha value is 0.947. The molecule has 0 aliphatic carbocycles. The van der Waals surface area contributed by atoms with Crippen LogP contribution in [-0.4, -0.2) is 27.9 Å². The van der Waals surface area contributed by atoms with Crippen LogP contribution in [0.3, 0.4) is 0 Å². The molecule has 0 aromatic heterocycles. The number of rotatable bonds is 10. The Morgan fingerprint density at radius 2 is 1.38 bits per heavy atom. The molecule has 0 unspecified atom stereocenters. The van der Waals surface area contributed by atoms with E-state index in [1.165, 1.54) is 61.5 Å². The van der Waals surface area contributed by atoms with Crippen molar-refractivity contribution in [2.45, 2.75) is 58.3 Å². The van der Waals surface area contributed by atoms with Gasteiger partial charge < -0.3 is 0 Å². The zero-order chi connectivity index (χ0) is 9.78. The summed E-state index contributed by atoms with van der Waals surface area (Å²) in [5.41, 5.74) is 0. The molecule has 0 N–H and O–H groups in total. The van der Waals surface area contributed by atoms with Gasteiger partial charge in [-0.3, -0.25) is 0 Å². The molecule has 0 aromatic carbocycles. The Morgan fingerprint density at radius 3 is 1.92 bits per heavy atom. The van der Waals surface area contributed by atoms with Gasteiger partial charge in [0.05, 0.1) is 0 Å². The minimum atomic E-state index is 1.29. The van der Waals surface area contributed by atoms with Crippen molar-refractivity contribution in [2.75, 3.05) is 10.2 Å². The van der Waals surface area contributed by atoms with Crippen molar-refractivity contribution >= 4 is 29.5 Å². The molecule has 0 rings (SSSR count). The topological polar surface area (TPSA) is 0 Å². The molecule has 0 aromatic rings. The van der Waals surface area contributed by atoms with Gasteiger partial charge in [-0.2, -0.15) is 0 Å². The molecule has 0 fully saturated rings. The third-order valence-corrected chi connectivity index (χ3v) is 3.33. The summed E-state index contributed by atoms with van der Waals surface area (Å²) in [5.74, 6) is 1.38. The van der Waals surface area contributed by atoms with Gasteiger partial charge in [0.15, 0.2) is 0 Å². The van der Waals surface area contributed by atoms with Crippen molar-refractivity contribution in [1.82, 2.24) is 0 Å². The molecule has 0 saturated carbocycles. The molecule has 0 saturated heterocycles. The summed E-state index contributed by atoms with van der Waals surface area (Å²) < 4.78 is 1.29. The Bertz CT molecular complexity index is 76.2. The van der Waals surface area contributed by atoms with Crippen molar-refractivity contribution in [2.24, 2.45) is 0 Å². The Labute approximate surface area is 97.8 Å². The maximum absolute atomic E-state index is 2.28. The van der Waals surface area contributed by atoms with Crippen LogP contribution < -0.4 is 0 Å². The van der Waals surface area contributed by atoms with E-state index in [9.17, 15) is 0 Å². The van der Waals surface area contributed by atoms with Crippen molar-refractivity contribution in [3.8, 4) is 0 Å². The van der Waals surface area contributed by atoms with E-state index in [0.717, 1.165) is 0 Å². The van der Waals surface area contributed by atoms with Crippen molar-refractivity contribution in [1.29, 1.82) is 0 Å². The molecule has 74 valence electrons. The summed E-state index contributed by atoms with van der Waals surface area (Å²) >= 11 is 4.33. The summed E-state index contributed by atoms with van der Waals surface area (Å²) in [6.45, 7) is 2.28. The first-order chi connectivity index (χ1) is 6.41. The van der Waals surface area contributed by atoms with Crippen LogP contribution >= 0.6 is 11.8 Å². The maximum atomic E-state index is 2.28. The summed E-state index contributed by atoms with van der Waals surface area (Å²) in [7, 11) is 0. The van der Waals surface area contributed by atoms with Crippen LogP contribution in [-0.2, 0) is 0 Å². The van der Waals surface area contributed by atoms with Gasteiger partial charge in [-0.1, -0.05) is 0 Å². The van der Waals surface area contributed by atoms with E-state index >= 15 is 0 Å². The van der Waals surface area contributed by atoms with Gasteiger partial charge in [0.1, 0.15) is 0 Å². The first-order valence-corrected chi connectivity index (χ1v) is 7.15. The second kappa shape index (κ2) is 12.9. The number of unbranched alkanes of at least 4 members (excludes halogenated alkanes) is 7. The Kier molecular flexibility index (Phi) is 13.9. The number of hydrogen-bond donors (Lipinski definition) is 0. The van der Waals surface area contributed by atoms with Gasteiger partial charge in [0.25, 0.3) is 0 Å². The number of thioether (sulfide) groups is 1. The van der Waals surface area contributed by atoms with Crippen LogP contribution in [0.2, 0.25) is 0 Å². The van der Waals surface area contributed by atoms with Gasteiger partial charge in [-0.15, -0.1) is 0 Å². The molecular formula is C11H23LiS. The SMILES string of the molecule is [Li][CH2]SCCCCCCCCCC. The van der Waals surface area contributed by atoms with E-state index in [0.29, 0.717) is 0 Å². The summed E-state index contributed by atoms with van der Waals surface area (Å²) in [6, 6.07) is 0. The molecule has 0 atom stereocenters. The fraction of sp³-hybridized carbons (Fsp3) is 1.00. The normalized spacial score (nSPS) is 10.7. The fourth-order valence-electron chi connectivity index (χ4n) is 1.48. The quantitative estimate of drug-likeness (QED) is 0.374. The third-order valence-electron chi connectivity index (χ3n) is 2.35. The summed E-state index contributed by atoms with van der Waals surface area (Å²) in [5, 5.41) is 0. The van der Waals surface area contributed by atoms with Gasteiger partial charge in [0, 0.05) is 0 Å². The van der Waals surface area contributed by atoms with Crippen molar-refractivity contribution in [3.05, 3.63) is 0 Å². The minimum absolute atomic E-state index is 1.29. The molecule has 0 amide bonds.